The van der Waals surface area contributed by atoms with Crippen LogP contribution >= 0.6 is 11.6 Å². The molecule has 56 heavy (non-hydrogen) atoms. The van der Waals surface area contributed by atoms with Crippen LogP contribution in [0.4, 0.5) is 8.78 Å². The van der Waals surface area contributed by atoms with Gasteiger partial charge < -0.3 is 10.1 Å². The molecule has 2 aliphatic rings. The Hall–Kier alpha value is -5.28. The molecule has 1 saturated heterocycles. The van der Waals surface area contributed by atoms with Crippen molar-refractivity contribution in [2.75, 3.05) is 32.8 Å². The monoisotopic (exact) mass is 798 g/mol. The molecule has 0 unspecified atom stereocenters. The van der Waals surface area contributed by atoms with E-state index in [1.54, 1.807) is 30.5 Å². The molecule has 1 aliphatic carbocycles. The van der Waals surface area contributed by atoms with E-state index < -0.39 is 39.0 Å². The Morgan fingerprint density at radius 1 is 0.964 bits per heavy atom. The standard InChI is InChI=1S/C41H37ClF2N6O5S/c1-25-18-29(42)5-11-34(25)27-4-10-35-38(21-27)46-40(50(41(35)52)32-6-8-33(9-7-32)56(53,54)49-14-16-55-17-15-49)36(28-19-30(43)22-31(44)20-28)23-45-39(51)24-48-13-12-37(47-48)26-2-3-26/h4-13,18-22,26,36H,2-3,14-17,23-24H2,1H3,(H,45,51)/t36-/m0/s1. The number of hydrogen-bond donors (Lipinski definition) is 1. The zero-order valence-electron chi connectivity index (χ0n) is 30.3. The maximum atomic E-state index is 14.9. The fraction of sp³-hybridized carbons (Fsp3) is 0.268. The lowest BCUT2D eigenvalue weighted by molar-refractivity contribution is -0.121. The molecule has 15 heteroatoms. The summed E-state index contributed by atoms with van der Waals surface area (Å²) in [7, 11) is -3.86. The van der Waals surface area contributed by atoms with Crippen LogP contribution in [0, 0.1) is 18.6 Å². The number of fused-ring (bicyclic) bond motifs is 1. The van der Waals surface area contributed by atoms with Crippen molar-refractivity contribution in [1.82, 2.24) is 29.0 Å². The van der Waals surface area contributed by atoms with E-state index in [9.17, 15) is 26.8 Å². The maximum Gasteiger partial charge on any atom is 0.265 e. The first-order valence-corrected chi connectivity index (χ1v) is 20.0. The van der Waals surface area contributed by atoms with Gasteiger partial charge >= 0.3 is 0 Å². The van der Waals surface area contributed by atoms with Gasteiger partial charge in [-0.15, -0.1) is 0 Å². The number of morpholine rings is 1. The second kappa shape index (κ2) is 15.3. The normalized spacial score (nSPS) is 15.6. The summed E-state index contributed by atoms with van der Waals surface area (Å²) >= 11 is 6.23. The Morgan fingerprint density at radius 3 is 2.39 bits per heavy atom. The van der Waals surface area contributed by atoms with Gasteiger partial charge in [0.1, 0.15) is 24.0 Å². The molecule has 1 N–H and O–H groups in total. The summed E-state index contributed by atoms with van der Waals surface area (Å²) in [5.41, 5.74) is 3.61. The summed E-state index contributed by atoms with van der Waals surface area (Å²) in [5.74, 6) is -2.71. The van der Waals surface area contributed by atoms with E-state index in [4.69, 9.17) is 21.3 Å². The Bertz CT molecular complexity index is 2620. The number of sulfonamides is 1. The zero-order chi connectivity index (χ0) is 39.1. The number of carbonyl (C=O) groups excluding carboxylic acids is 1. The van der Waals surface area contributed by atoms with Crippen molar-refractivity contribution in [3.8, 4) is 16.8 Å². The molecule has 6 aromatic rings. The van der Waals surface area contributed by atoms with Gasteiger partial charge in [-0.05, 0) is 109 Å². The number of amides is 1. The number of aromatic nitrogens is 4. The molecule has 2 aromatic heterocycles. The summed E-state index contributed by atoms with van der Waals surface area (Å²) < 4.78 is 66.3. The second-order valence-electron chi connectivity index (χ2n) is 14.1. The maximum absolute atomic E-state index is 14.9. The number of hydrogen-bond acceptors (Lipinski definition) is 7. The minimum absolute atomic E-state index is 0.0222. The SMILES string of the molecule is Cc1cc(Cl)ccc1-c1ccc2c(=O)n(-c3ccc(S(=O)(=O)N4CCOCC4)cc3)c([C@@H](CNC(=O)Cn3ccc(C4CC4)n3)c3cc(F)cc(F)c3)nc2c1. The first-order valence-electron chi connectivity index (χ1n) is 18.2. The summed E-state index contributed by atoms with van der Waals surface area (Å²) in [6.45, 7) is 2.59. The van der Waals surface area contributed by atoms with E-state index in [0.717, 1.165) is 53.4 Å². The highest BCUT2D eigenvalue weighted by atomic mass is 35.5. The number of rotatable bonds is 11. The number of benzene rings is 4. The first kappa shape index (κ1) is 37.6. The molecule has 8 rings (SSSR count). The van der Waals surface area contributed by atoms with Crippen LogP contribution in [-0.4, -0.2) is 70.8 Å². The van der Waals surface area contributed by atoms with Gasteiger partial charge in [0.15, 0.2) is 0 Å². The number of nitrogens with zero attached hydrogens (tertiary/aromatic N) is 5. The van der Waals surface area contributed by atoms with Crippen LogP contribution in [0.5, 0.6) is 0 Å². The molecule has 0 spiro atoms. The van der Waals surface area contributed by atoms with Crippen molar-refractivity contribution in [2.45, 2.75) is 43.0 Å². The Labute approximate surface area is 326 Å². The van der Waals surface area contributed by atoms with Gasteiger partial charge in [0.25, 0.3) is 5.56 Å². The molecular formula is C41H37ClF2N6O5S. The fourth-order valence-electron chi connectivity index (χ4n) is 7.12. The molecule has 0 bridgehead atoms. The van der Waals surface area contributed by atoms with Gasteiger partial charge in [-0.1, -0.05) is 23.7 Å². The second-order valence-corrected chi connectivity index (χ2v) is 16.5. The molecule has 1 amide bonds. The predicted octanol–water partition coefficient (Wildman–Crippen LogP) is 6.34. The number of carbonyl (C=O) groups is 1. The highest BCUT2D eigenvalue weighted by Gasteiger charge is 2.29. The summed E-state index contributed by atoms with van der Waals surface area (Å²) in [4.78, 5) is 33.1. The van der Waals surface area contributed by atoms with Crippen LogP contribution in [0.3, 0.4) is 0 Å². The molecule has 1 atom stereocenters. The topological polar surface area (TPSA) is 128 Å². The van der Waals surface area contributed by atoms with Crippen molar-refractivity contribution in [3.63, 3.8) is 0 Å². The van der Waals surface area contributed by atoms with Crippen LogP contribution in [-0.2, 0) is 26.1 Å². The van der Waals surface area contributed by atoms with Crippen molar-refractivity contribution in [2.24, 2.45) is 0 Å². The minimum atomic E-state index is -3.86. The molecule has 1 aliphatic heterocycles. The summed E-state index contributed by atoms with van der Waals surface area (Å²) in [6.07, 6.45) is 3.85. The minimum Gasteiger partial charge on any atom is -0.379 e. The number of nitrogens with one attached hydrogen (secondary N) is 1. The third-order valence-electron chi connectivity index (χ3n) is 10.2. The molecule has 1 saturated carbocycles. The van der Waals surface area contributed by atoms with Gasteiger partial charge in [0.2, 0.25) is 15.9 Å². The van der Waals surface area contributed by atoms with E-state index in [0.29, 0.717) is 16.5 Å². The molecular weight excluding hydrogens is 762 g/mol. The average Bonchev–Trinajstić information content (AvgIpc) is 3.93. The molecule has 2 fully saturated rings. The van der Waals surface area contributed by atoms with E-state index in [-0.39, 0.29) is 66.7 Å². The molecule has 0 radical (unpaired) electrons. The van der Waals surface area contributed by atoms with E-state index in [2.05, 4.69) is 10.4 Å². The van der Waals surface area contributed by atoms with Crippen molar-refractivity contribution in [3.05, 3.63) is 141 Å². The largest absolute Gasteiger partial charge is 0.379 e. The number of aryl methyl sites for hydroxylation is 1. The van der Waals surface area contributed by atoms with Crippen LogP contribution in [0.25, 0.3) is 27.7 Å². The molecule has 4 aromatic carbocycles. The smallest absolute Gasteiger partial charge is 0.265 e. The summed E-state index contributed by atoms with van der Waals surface area (Å²) in [5, 5.41) is 8.21. The van der Waals surface area contributed by atoms with Gasteiger partial charge in [-0.2, -0.15) is 9.40 Å². The number of halogens is 3. The zero-order valence-corrected chi connectivity index (χ0v) is 31.9. The Morgan fingerprint density at radius 2 is 1.70 bits per heavy atom. The van der Waals surface area contributed by atoms with Crippen molar-refractivity contribution >= 4 is 38.4 Å². The quantitative estimate of drug-likeness (QED) is 0.162. The predicted molar refractivity (Wildman–Crippen MR) is 208 cm³/mol. The highest BCUT2D eigenvalue weighted by Crippen LogP contribution is 2.39. The molecule has 3 heterocycles. The van der Waals surface area contributed by atoms with Crippen LogP contribution in [0.1, 0.15) is 47.3 Å². The Kier molecular flexibility index (Phi) is 10.3. The van der Waals surface area contributed by atoms with E-state index in [1.807, 2.05) is 25.1 Å². The average molecular weight is 799 g/mol. The van der Waals surface area contributed by atoms with E-state index >= 15 is 0 Å². The van der Waals surface area contributed by atoms with Crippen molar-refractivity contribution < 1.29 is 26.7 Å². The summed E-state index contributed by atoms with van der Waals surface area (Å²) in [6, 6.07) is 21.4. The molecule has 288 valence electrons. The lowest BCUT2D eigenvalue weighted by Gasteiger charge is -2.26. The van der Waals surface area contributed by atoms with Gasteiger partial charge in [0, 0.05) is 42.8 Å². The lowest BCUT2D eigenvalue weighted by atomic mass is 9.96. The molecule has 11 nitrogen and oxygen atoms in total. The fourth-order valence-corrected chi connectivity index (χ4v) is 8.76. The third-order valence-corrected chi connectivity index (χ3v) is 12.3. The van der Waals surface area contributed by atoms with Crippen LogP contribution in [0.15, 0.2) is 101 Å². The van der Waals surface area contributed by atoms with Gasteiger partial charge in [-0.3, -0.25) is 18.8 Å². The van der Waals surface area contributed by atoms with Gasteiger partial charge in [-0.25, -0.2) is 22.2 Å². The van der Waals surface area contributed by atoms with Crippen molar-refractivity contribution in [1.29, 1.82) is 0 Å². The number of ether oxygens (including phenoxy) is 1. The lowest BCUT2D eigenvalue weighted by Crippen LogP contribution is -2.40. The highest BCUT2D eigenvalue weighted by molar-refractivity contribution is 7.89. The van der Waals surface area contributed by atoms with Crippen LogP contribution in [0.2, 0.25) is 5.02 Å². The first-order chi connectivity index (χ1) is 26.9. The van der Waals surface area contributed by atoms with Gasteiger partial charge in [0.05, 0.1) is 46.3 Å². The third kappa shape index (κ3) is 7.74. The van der Waals surface area contributed by atoms with E-state index in [1.165, 1.54) is 37.8 Å². The Balaban J connectivity index is 1.25. The van der Waals surface area contributed by atoms with Crippen LogP contribution < -0.4 is 10.9 Å².